The highest BCUT2D eigenvalue weighted by Crippen LogP contribution is 2.33. The van der Waals surface area contributed by atoms with Gasteiger partial charge in [-0.15, -0.1) is 24.0 Å². The summed E-state index contributed by atoms with van der Waals surface area (Å²) in [6, 6.07) is 0. The van der Waals surface area contributed by atoms with E-state index in [1.54, 1.807) is 0 Å². The number of alkyl halides is 2. The third-order valence-electron chi connectivity index (χ3n) is 5.70. The Bertz CT molecular complexity index is 598. The van der Waals surface area contributed by atoms with Crippen LogP contribution in [0.3, 0.4) is 0 Å². The van der Waals surface area contributed by atoms with E-state index in [9.17, 15) is 17.2 Å². The molecule has 2 heterocycles. The summed E-state index contributed by atoms with van der Waals surface area (Å²) in [5, 5.41) is 3.34. The summed E-state index contributed by atoms with van der Waals surface area (Å²) < 4.78 is 49.3. The second kappa shape index (κ2) is 10.5. The highest BCUT2D eigenvalue weighted by Gasteiger charge is 2.35. The van der Waals surface area contributed by atoms with Crippen molar-refractivity contribution in [2.45, 2.75) is 52.2 Å². The monoisotopic (exact) mass is 522 g/mol. The topological polar surface area (TPSA) is 65.0 Å². The maximum atomic E-state index is 12.6. The minimum Gasteiger partial charge on any atom is -0.357 e. The number of rotatable bonds is 6. The van der Waals surface area contributed by atoms with E-state index in [1.165, 1.54) is 0 Å². The lowest BCUT2D eigenvalue weighted by atomic mass is 9.87. The Kier molecular flexibility index (Phi) is 9.66. The van der Waals surface area contributed by atoms with E-state index in [0.717, 1.165) is 42.7 Å². The van der Waals surface area contributed by atoms with E-state index in [2.05, 4.69) is 24.1 Å². The molecular formula is C17H33F2IN4O2S. The van der Waals surface area contributed by atoms with Crippen LogP contribution in [0.25, 0.3) is 0 Å². The van der Waals surface area contributed by atoms with Gasteiger partial charge in [0, 0.05) is 39.3 Å². The Hall–Kier alpha value is -0.230. The zero-order valence-electron chi connectivity index (χ0n) is 16.5. The molecule has 0 aromatic rings. The largest absolute Gasteiger partial charge is 0.357 e. The van der Waals surface area contributed by atoms with Crippen LogP contribution in [-0.4, -0.2) is 68.6 Å². The number of hydrogen-bond donors (Lipinski definition) is 1. The van der Waals surface area contributed by atoms with Crippen LogP contribution < -0.4 is 5.32 Å². The number of nitrogens with zero attached hydrogens (tertiary/aromatic N) is 3. The van der Waals surface area contributed by atoms with Gasteiger partial charge in [0.2, 0.25) is 0 Å². The molecule has 10 heteroatoms. The maximum Gasteiger partial charge on any atom is 0.350 e. The fourth-order valence-corrected chi connectivity index (χ4v) is 4.54. The molecule has 0 saturated carbocycles. The second-order valence-corrected chi connectivity index (χ2v) is 9.58. The molecule has 0 bridgehead atoms. The molecule has 0 spiro atoms. The van der Waals surface area contributed by atoms with E-state index in [1.807, 2.05) is 6.92 Å². The minimum atomic E-state index is -4.45. The normalized spacial score (nSPS) is 25.7. The molecule has 0 aromatic heterocycles. The van der Waals surface area contributed by atoms with Crippen molar-refractivity contribution in [1.29, 1.82) is 0 Å². The molecule has 2 aliphatic heterocycles. The number of piperidine rings is 1. The summed E-state index contributed by atoms with van der Waals surface area (Å²) in [7, 11) is -4.45. The van der Waals surface area contributed by atoms with Crippen molar-refractivity contribution in [3.8, 4) is 0 Å². The van der Waals surface area contributed by atoms with E-state index in [4.69, 9.17) is 4.99 Å². The Labute approximate surface area is 179 Å². The third kappa shape index (κ3) is 6.38. The van der Waals surface area contributed by atoms with Gasteiger partial charge in [-0.2, -0.15) is 13.1 Å². The van der Waals surface area contributed by atoms with Gasteiger partial charge in [0.15, 0.2) is 5.96 Å². The number of likely N-dealkylation sites (tertiary alicyclic amines) is 1. The minimum absolute atomic E-state index is 0. The average molecular weight is 522 g/mol. The van der Waals surface area contributed by atoms with E-state index >= 15 is 0 Å². The molecule has 2 fully saturated rings. The molecular weight excluding hydrogens is 489 g/mol. The smallest absolute Gasteiger partial charge is 0.350 e. The first kappa shape index (κ1) is 24.8. The zero-order valence-corrected chi connectivity index (χ0v) is 19.6. The van der Waals surface area contributed by atoms with Crippen LogP contribution in [0.1, 0.15) is 46.5 Å². The third-order valence-corrected chi connectivity index (χ3v) is 7.24. The lowest BCUT2D eigenvalue weighted by molar-refractivity contribution is 0.205. The maximum absolute atomic E-state index is 12.6. The number of sulfonamides is 1. The van der Waals surface area contributed by atoms with Crippen molar-refractivity contribution in [3.05, 3.63) is 0 Å². The predicted octanol–water partition coefficient (Wildman–Crippen LogP) is 2.96. The quantitative estimate of drug-likeness (QED) is 0.331. The summed E-state index contributed by atoms with van der Waals surface area (Å²) in [5.74, 6) is -2.19. The van der Waals surface area contributed by atoms with Gasteiger partial charge in [0.1, 0.15) is 0 Å². The summed E-state index contributed by atoms with van der Waals surface area (Å²) in [6.45, 7) is 10.2. The Balaban J connectivity index is 0.00000364. The number of hydrogen-bond acceptors (Lipinski definition) is 3. The molecule has 0 radical (unpaired) electrons. The molecule has 27 heavy (non-hydrogen) atoms. The van der Waals surface area contributed by atoms with E-state index in [-0.39, 0.29) is 43.0 Å². The van der Waals surface area contributed by atoms with Crippen LogP contribution in [0, 0.1) is 11.3 Å². The van der Waals surface area contributed by atoms with Crippen LogP contribution in [0.15, 0.2) is 4.99 Å². The molecule has 1 N–H and O–H groups in total. The van der Waals surface area contributed by atoms with Crippen molar-refractivity contribution in [3.63, 3.8) is 0 Å². The first-order valence-electron chi connectivity index (χ1n) is 9.52. The molecule has 0 aromatic carbocycles. The van der Waals surface area contributed by atoms with Crippen molar-refractivity contribution in [2.75, 3.05) is 39.3 Å². The van der Waals surface area contributed by atoms with E-state index in [0.29, 0.717) is 24.8 Å². The Morgan fingerprint density at radius 3 is 2.37 bits per heavy atom. The van der Waals surface area contributed by atoms with Crippen molar-refractivity contribution in [2.24, 2.45) is 16.3 Å². The Morgan fingerprint density at radius 1 is 1.26 bits per heavy atom. The molecule has 1 unspecified atom stereocenters. The highest BCUT2D eigenvalue weighted by atomic mass is 127. The second-order valence-electron chi connectivity index (χ2n) is 7.68. The van der Waals surface area contributed by atoms with Gasteiger partial charge in [0.25, 0.3) is 10.0 Å². The first-order chi connectivity index (χ1) is 12.2. The molecule has 1 atom stereocenters. The summed E-state index contributed by atoms with van der Waals surface area (Å²) in [4.78, 5) is 7.05. The van der Waals surface area contributed by atoms with Crippen LogP contribution in [-0.2, 0) is 10.0 Å². The Morgan fingerprint density at radius 2 is 1.89 bits per heavy atom. The van der Waals surface area contributed by atoms with Gasteiger partial charge in [-0.05, 0) is 43.9 Å². The number of aliphatic imine (C=N–C) groups is 1. The summed E-state index contributed by atoms with van der Waals surface area (Å²) in [5.41, 5.74) is 0.325. The first-order valence-corrected chi connectivity index (χ1v) is 11.0. The molecule has 2 saturated heterocycles. The van der Waals surface area contributed by atoms with E-state index < -0.39 is 15.8 Å². The van der Waals surface area contributed by atoms with Crippen LogP contribution in [0.4, 0.5) is 8.78 Å². The molecule has 0 aliphatic carbocycles. The molecule has 6 nitrogen and oxygen atoms in total. The predicted molar refractivity (Wildman–Crippen MR) is 115 cm³/mol. The molecule has 2 aliphatic rings. The summed E-state index contributed by atoms with van der Waals surface area (Å²) >= 11 is 0. The molecule has 0 amide bonds. The average Bonchev–Trinajstić information content (AvgIpc) is 3.01. The highest BCUT2D eigenvalue weighted by molar-refractivity contribution is 14.0. The fourth-order valence-electron chi connectivity index (χ4n) is 3.59. The van der Waals surface area contributed by atoms with Gasteiger partial charge >= 0.3 is 5.76 Å². The van der Waals surface area contributed by atoms with Crippen LogP contribution in [0.5, 0.6) is 0 Å². The summed E-state index contributed by atoms with van der Waals surface area (Å²) in [6.07, 6.45) is 3.43. The van der Waals surface area contributed by atoms with Crippen molar-refractivity contribution in [1.82, 2.24) is 14.5 Å². The SMILES string of the molecule is CCNC(=NCC1CCN(S(=O)(=O)C(F)F)CC1)N1CCC(C)(CC)C1.I. The van der Waals surface area contributed by atoms with Gasteiger partial charge < -0.3 is 10.2 Å². The van der Waals surface area contributed by atoms with Crippen LogP contribution in [0.2, 0.25) is 0 Å². The standard InChI is InChI=1S/C17H32F2N4O2S.HI/c1-4-17(3)8-11-22(13-17)16(20-5-2)21-12-14-6-9-23(10-7-14)26(24,25)15(18)19;/h14-15H,4-13H2,1-3H3,(H,20,21);1H. The fraction of sp³-hybridized carbons (Fsp3) is 0.941. The molecule has 160 valence electrons. The lowest BCUT2D eigenvalue weighted by Gasteiger charge is -2.30. The number of halogens is 3. The van der Waals surface area contributed by atoms with Gasteiger partial charge in [0.05, 0.1) is 0 Å². The number of nitrogens with one attached hydrogen (secondary N) is 1. The van der Waals surface area contributed by atoms with Crippen molar-refractivity contribution < 1.29 is 17.2 Å². The van der Waals surface area contributed by atoms with Crippen molar-refractivity contribution >= 4 is 40.0 Å². The molecule has 2 rings (SSSR count). The van der Waals surface area contributed by atoms with Crippen LogP contribution >= 0.6 is 24.0 Å². The zero-order chi connectivity index (χ0) is 19.4. The van der Waals surface area contributed by atoms with Gasteiger partial charge in [-0.25, -0.2) is 8.42 Å². The lowest BCUT2D eigenvalue weighted by Crippen LogP contribution is -2.43. The van der Waals surface area contributed by atoms with Gasteiger partial charge in [-0.3, -0.25) is 4.99 Å². The number of guanidine groups is 1. The van der Waals surface area contributed by atoms with Gasteiger partial charge in [-0.1, -0.05) is 13.8 Å².